The van der Waals surface area contributed by atoms with E-state index in [-0.39, 0.29) is 17.8 Å². The third-order valence-corrected chi connectivity index (χ3v) is 4.23. The van der Waals surface area contributed by atoms with Crippen molar-refractivity contribution in [2.24, 2.45) is 11.7 Å². The molecule has 0 bridgehead atoms. The van der Waals surface area contributed by atoms with Crippen molar-refractivity contribution in [3.63, 3.8) is 0 Å². The van der Waals surface area contributed by atoms with Crippen LogP contribution >= 0.6 is 0 Å². The maximum atomic E-state index is 14.3. The van der Waals surface area contributed by atoms with Crippen LogP contribution in [0, 0.1) is 25.6 Å². The number of hydrogen-bond donors (Lipinski definition) is 1. The SMILES string of the molecule is Cc1cc(C)c(C(N)C2COc3ccccc3C2)c(F)c1. The molecule has 0 aliphatic carbocycles. The first-order valence-corrected chi connectivity index (χ1v) is 7.29. The molecule has 2 unspecified atom stereocenters. The summed E-state index contributed by atoms with van der Waals surface area (Å²) in [5, 5.41) is 0. The summed E-state index contributed by atoms with van der Waals surface area (Å²) in [6.45, 7) is 4.35. The highest BCUT2D eigenvalue weighted by atomic mass is 19.1. The smallest absolute Gasteiger partial charge is 0.128 e. The van der Waals surface area contributed by atoms with Gasteiger partial charge in [-0.25, -0.2) is 4.39 Å². The van der Waals surface area contributed by atoms with Gasteiger partial charge < -0.3 is 10.5 Å². The topological polar surface area (TPSA) is 35.2 Å². The summed E-state index contributed by atoms with van der Waals surface area (Å²) in [6, 6.07) is 11.2. The Morgan fingerprint density at radius 3 is 2.76 bits per heavy atom. The Hall–Kier alpha value is -1.87. The molecular formula is C18H20FNO. The van der Waals surface area contributed by atoms with E-state index in [1.165, 1.54) is 0 Å². The van der Waals surface area contributed by atoms with Crippen LogP contribution in [0.2, 0.25) is 0 Å². The standard InChI is InChI=1S/C18H20FNO/c1-11-7-12(2)17(15(19)8-11)18(20)14-9-13-5-3-4-6-16(13)21-10-14/h3-8,14,18H,9-10,20H2,1-2H3. The van der Waals surface area contributed by atoms with Crippen molar-refractivity contribution in [2.45, 2.75) is 26.3 Å². The average Bonchev–Trinajstić information content (AvgIpc) is 2.45. The first-order chi connectivity index (χ1) is 10.1. The van der Waals surface area contributed by atoms with E-state index in [4.69, 9.17) is 10.5 Å². The molecule has 0 saturated heterocycles. The van der Waals surface area contributed by atoms with Gasteiger partial charge in [-0.05, 0) is 49.1 Å². The van der Waals surface area contributed by atoms with Crippen LogP contribution in [0.25, 0.3) is 0 Å². The maximum Gasteiger partial charge on any atom is 0.128 e. The molecule has 110 valence electrons. The minimum atomic E-state index is -0.348. The van der Waals surface area contributed by atoms with E-state index in [0.717, 1.165) is 28.9 Å². The number of halogens is 1. The second-order valence-corrected chi connectivity index (χ2v) is 5.89. The molecular weight excluding hydrogens is 265 g/mol. The number of hydrogen-bond acceptors (Lipinski definition) is 2. The van der Waals surface area contributed by atoms with Gasteiger partial charge >= 0.3 is 0 Å². The highest BCUT2D eigenvalue weighted by Crippen LogP contribution is 2.34. The number of aryl methyl sites for hydroxylation is 2. The van der Waals surface area contributed by atoms with Crippen LogP contribution in [0.5, 0.6) is 5.75 Å². The number of benzene rings is 2. The fraction of sp³-hybridized carbons (Fsp3) is 0.333. The van der Waals surface area contributed by atoms with Crippen LogP contribution in [0.15, 0.2) is 36.4 Å². The monoisotopic (exact) mass is 285 g/mol. The molecule has 2 atom stereocenters. The van der Waals surface area contributed by atoms with E-state index >= 15 is 0 Å². The molecule has 2 N–H and O–H groups in total. The minimum Gasteiger partial charge on any atom is -0.493 e. The third-order valence-electron chi connectivity index (χ3n) is 4.23. The summed E-state index contributed by atoms with van der Waals surface area (Å²) in [5.74, 6) is 0.803. The summed E-state index contributed by atoms with van der Waals surface area (Å²) in [6.07, 6.45) is 0.824. The zero-order valence-corrected chi connectivity index (χ0v) is 12.4. The summed E-state index contributed by atoms with van der Waals surface area (Å²) < 4.78 is 20.1. The largest absolute Gasteiger partial charge is 0.493 e. The van der Waals surface area contributed by atoms with Gasteiger partial charge in [0.05, 0.1) is 6.61 Å². The highest BCUT2D eigenvalue weighted by molar-refractivity contribution is 5.38. The fourth-order valence-corrected chi connectivity index (χ4v) is 3.17. The Labute approximate surface area is 124 Å². The second-order valence-electron chi connectivity index (χ2n) is 5.89. The van der Waals surface area contributed by atoms with E-state index in [1.54, 1.807) is 6.07 Å². The van der Waals surface area contributed by atoms with E-state index in [2.05, 4.69) is 0 Å². The van der Waals surface area contributed by atoms with Gasteiger partial charge in [-0.3, -0.25) is 0 Å². The number of para-hydroxylation sites is 1. The average molecular weight is 285 g/mol. The van der Waals surface area contributed by atoms with Crippen LogP contribution < -0.4 is 10.5 Å². The molecule has 0 spiro atoms. The minimum absolute atomic E-state index is 0.0933. The summed E-state index contributed by atoms with van der Waals surface area (Å²) in [5.41, 5.74) is 9.96. The molecule has 2 aromatic carbocycles. The van der Waals surface area contributed by atoms with E-state index in [9.17, 15) is 4.39 Å². The molecule has 1 aliphatic heterocycles. The van der Waals surface area contributed by atoms with Crippen LogP contribution in [-0.4, -0.2) is 6.61 Å². The predicted octanol–water partition coefficient (Wildman–Crippen LogP) is 3.69. The highest BCUT2D eigenvalue weighted by Gasteiger charge is 2.28. The molecule has 0 radical (unpaired) electrons. The third kappa shape index (κ3) is 2.66. The van der Waals surface area contributed by atoms with Gasteiger partial charge in [-0.2, -0.15) is 0 Å². The number of ether oxygens (including phenoxy) is 1. The van der Waals surface area contributed by atoms with Gasteiger partial charge in [0.2, 0.25) is 0 Å². The lowest BCUT2D eigenvalue weighted by Gasteiger charge is -2.30. The number of nitrogens with two attached hydrogens (primary N) is 1. The van der Waals surface area contributed by atoms with Crippen molar-refractivity contribution in [1.29, 1.82) is 0 Å². The fourth-order valence-electron chi connectivity index (χ4n) is 3.17. The first-order valence-electron chi connectivity index (χ1n) is 7.29. The van der Waals surface area contributed by atoms with Crippen LogP contribution in [0.3, 0.4) is 0 Å². The lowest BCUT2D eigenvalue weighted by atomic mass is 9.85. The molecule has 3 heteroatoms. The van der Waals surface area contributed by atoms with Crippen LogP contribution in [0.4, 0.5) is 4.39 Å². The Kier molecular flexibility index (Phi) is 3.68. The molecule has 1 heterocycles. The molecule has 0 fully saturated rings. The summed E-state index contributed by atoms with van der Waals surface area (Å²) in [7, 11) is 0. The lowest BCUT2D eigenvalue weighted by molar-refractivity contribution is 0.198. The molecule has 0 aromatic heterocycles. The quantitative estimate of drug-likeness (QED) is 0.913. The van der Waals surface area contributed by atoms with Crippen molar-refractivity contribution < 1.29 is 9.13 Å². The van der Waals surface area contributed by atoms with Gasteiger partial charge in [0.15, 0.2) is 0 Å². The van der Waals surface area contributed by atoms with Crippen molar-refractivity contribution in [1.82, 2.24) is 0 Å². The second kappa shape index (κ2) is 5.49. The summed E-state index contributed by atoms with van der Waals surface area (Å²) >= 11 is 0. The zero-order chi connectivity index (χ0) is 15.0. The maximum absolute atomic E-state index is 14.3. The number of rotatable bonds is 2. The molecule has 1 aliphatic rings. The Morgan fingerprint density at radius 2 is 2.00 bits per heavy atom. The van der Waals surface area contributed by atoms with E-state index < -0.39 is 0 Å². The van der Waals surface area contributed by atoms with Gasteiger partial charge in [-0.1, -0.05) is 24.3 Å². The van der Waals surface area contributed by atoms with E-state index in [1.807, 2.05) is 44.2 Å². The Balaban J connectivity index is 1.89. The normalized spacial score (nSPS) is 18.8. The summed E-state index contributed by atoms with van der Waals surface area (Å²) in [4.78, 5) is 0. The van der Waals surface area contributed by atoms with Gasteiger partial charge in [0, 0.05) is 17.5 Å². The van der Waals surface area contributed by atoms with Crippen LogP contribution in [0.1, 0.15) is 28.3 Å². The van der Waals surface area contributed by atoms with Crippen molar-refractivity contribution in [3.05, 3.63) is 64.5 Å². The lowest BCUT2D eigenvalue weighted by Crippen LogP contribution is -2.32. The predicted molar refractivity (Wildman–Crippen MR) is 81.9 cm³/mol. The van der Waals surface area contributed by atoms with Crippen LogP contribution in [-0.2, 0) is 6.42 Å². The number of fused-ring (bicyclic) bond motifs is 1. The molecule has 3 rings (SSSR count). The van der Waals surface area contributed by atoms with Gasteiger partial charge in [0.1, 0.15) is 11.6 Å². The Bertz CT molecular complexity index is 645. The van der Waals surface area contributed by atoms with Gasteiger partial charge in [-0.15, -0.1) is 0 Å². The van der Waals surface area contributed by atoms with Crippen molar-refractivity contribution in [3.8, 4) is 5.75 Å². The Morgan fingerprint density at radius 1 is 1.24 bits per heavy atom. The molecule has 2 aromatic rings. The molecule has 0 saturated carbocycles. The zero-order valence-electron chi connectivity index (χ0n) is 12.4. The first kappa shape index (κ1) is 14.1. The van der Waals surface area contributed by atoms with Crippen molar-refractivity contribution >= 4 is 0 Å². The van der Waals surface area contributed by atoms with Crippen molar-refractivity contribution in [2.75, 3.05) is 6.61 Å². The van der Waals surface area contributed by atoms with E-state index in [0.29, 0.717) is 12.2 Å². The van der Waals surface area contributed by atoms with Gasteiger partial charge in [0.25, 0.3) is 0 Å². The molecule has 2 nitrogen and oxygen atoms in total. The molecule has 0 amide bonds. The molecule has 21 heavy (non-hydrogen) atoms.